The second-order valence-corrected chi connectivity index (χ2v) is 17.9. The second-order valence-electron chi connectivity index (χ2n) is 15.8. The number of hydrazine groups is 1. The van der Waals surface area contributed by atoms with E-state index in [-0.39, 0.29) is 46.9 Å². The van der Waals surface area contributed by atoms with Crippen LogP contribution in [-0.2, 0) is 16.2 Å². The van der Waals surface area contributed by atoms with E-state index in [0.29, 0.717) is 29.1 Å². The van der Waals surface area contributed by atoms with Crippen molar-refractivity contribution >= 4 is 33.1 Å². The van der Waals surface area contributed by atoms with Gasteiger partial charge >= 0.3 is 0 Å². The number of anilines is 1. The van der Waals surface area contributed by atoms with Crippen molar-refractivity contribution in [2.75, 3.05) is 44.3 Å². The van der Waals surface area contributed by atoms with Gasteiger partial charge in [0.15, 0.2) is 0 Å². The lowest BCUT2D eigenvalue weighted by Gasteiger charge is -2.62. The van der Waals surface area contributed by atoms with E-state index in [1.165, 1.54) is 6.42 Å². The van der Waals surface area contributed by atoms with Crippen LogP contribution in [0.25, 0.3) is 11.1 Å². The molecule has 2 amide bonds. The maximum absolute atomic E-state index is 14.2. The number of nitrogens with zero attached hydrogens (tertiary/aromatic N) is 2. The topological polar surface area (TPSA) is 148 Å². The minimum Gasteiger partial charge on any atom is -0.496 e. The number of aliphatic hydroxyl groups excluding tert-OH is 2. The molecule has 0 radical (unpaired) electrons. The van der Waals surface area contributed by atoms with E-state index in [0.717, 1.165) is 52.0 Å². The van der Waals surface area contributed by atoms with Crippen LogP contribution in [0.1, 0.15) is 69.8 Å². The highest BCUT2D eigenvalue weighted by Crippen LogP contribution is 2.61. The van der Waals surface area contributed by atoms with Crippen LogP contribution in [0.3, 0.4) is 0 Å². The van der Waals surface area contributed by atoms with Crippen molar-refractivity contribution in [2.24, 2.45) is 29.1 Å². The SMILES string of the molecule is CCCS1=C(NC(=O)c2cc(-c3cccc(CN4O[C@@H](CO)[C@@H]([C@H](C)O)[C@H]4C(=O)N[C@H]4C[C@H]5C[C@@H]([C@@H]4C)C5(C)C)c3OC)cc(N(C)C)c2)NNC1. The molecular weight excluding hydrogens is 681 g/mol. The van der Waals surface area contributed by atoms with Gasteiger partial charge in [-0.25, -0.2) is 10.9 Å². The number of hydrogen-bond acceptors (Lipinski definition) is 10. The quantitative estimate of drug-likeness (QED) is 0.179. The Morgan fingerprint density at radius 1 is 1.21 bits per heavy atom. The van der Waals surface area contributed by atoms with Crippen LogP contribution in [0.15, 0.2) is 36.4 Å². The molecule has 52 heavy (non-hydrogen) atoms. The number of carbonyl (C=O) groups excluding carboxylic acids is 2. The average Bonchev–Trinajstić information content (AvgIpc) is 3.72. The van der Waals surface area contributed by atoms with Gasteiger partial charge in [0.1, 0.15) is 23.0 Å². The lowest BCUT2D eigenvalue weighted by atomic mass is 9.45. The molecule has 2 aliphatic heterocycles. The molecule has 0 aromatic heterocycles. The Hall–Kier alpha value is -3.04. The third-order valence-electron chi connectivity index (χ3n) is 12.1. The third-order valence-corrected chi connectivity index (χ3v) is 14.3. The van der Waals surface area contributed by atoms with E-state index in [4.69, 9.17) is 9.57 Å². The Morgan fingerprint density at radius 2 is 1.98 bits per heavy atom. The van der Waals surface area contributed by atoms with Gasteiger partial charge in [-0.2, -0.15) is 5.06 Å². The van der Waals surface area contributed by atoms with E-state index in [1.807, 2.05) is 55.4 Å². The van der Waals surface area contributed by atoms with Crippen molar-refractivity contribution in [1.29, 1.82) is 0 Å². The van der Waals surface area contributed by atoms with Crippen LogP contribution in [0.2, 0.25) is 0 Å². The number of hydroxylamine groups is 2. The predicted octanol–water partition coefficient (Wildman–Crippen LogP) is 3.65. The van der Waals surface area contributed by atoms with Gasteiger partial charge in [0.05, 0.1) is 32.2 Å². The van der Waals surface area contributed by atoms with Gasteiger partial charge in [-0.1, -0.05) is 45.9 Å². The molecule has 0 spiro atoms. The molecule has 2 bridgehead atoms. The van der Waals surface area contributed by atoms with Crippen molar-refractivity contribution in [3.63, 3.8) is 0 Å². The highest BCUT2D eigenvalue weighted by atomic mass is 32.2. The summed E-state index contributed by atoms with van der Waals surface area (Å²) in [6.45, 7) is 10.5. The Bertz CT molecular complexity index is 1680. The first kappa shape index (κ1) is 38.7. The van der Waals surface area contributed by atoms with Gasteiger partial charge < -0.3 is 30.5 Å². The van der Waals surface area contributed by atoms with Gasteiger partial charge in [-0.3, -0.25) is 14.4 Å². The third kappa shape index (κ3) is 7.38. The highest BCUT2D eigenvalue weighted by Gasteiger charge is 2.57. The molecule has 6 N–H and O–H groups in total. The van der Waals surface area contributed by atoms with E-state index < -0.39 is 24.2 Å². The monoisotopic (exact) mass is 738 g/mol. The number of carbonyl (C=O) groups is 2. The van der Waals surface area contributed by atoms with E-state index in [1.54, 1.807) is 19.1 Å². The number of nitrogens with one attached hydrogen (secondary N) is 4. The van der Waals surface area contributed by atoms with Crippen molar-refractivity contribution < 1.29 is 29.4 Å². The maximum Gasteiger partial charge on any atom is 0.256 e. The molecule has 5 aliphatic rings. The van der Waals surface area contributed by atoms with E-state index in [2.05, 4.69) is 49.2 Å². The fourth-order valence-corrected chi connectivity index (χ4v) is 10.7. The first-order valence-corrected chi connectivity index (χ1v) is 20.2. The Kier molecular flexibility index (Phi) is 11.7. The number of fused-ring (bicyclic) bond motifs is 2. The van der Waals surface area contributed by atoms with Crippen LogP contribution in [0, 0.1) is 29.1 Å². The van der Waals surface area contributed by atoms with E-state index >= 15 is 0 Å². The summed E-state index contributed by atoms with van der Waals surface area (Å²) in [5, 5.41) is 30.1. The van der Waals surface area contributed by atoms with Gasteiger partial charge in [0.2, 0.25) is 5.91 Å². The molecule has 12 nitrogen and oxygen atoms in total. The van der Waals surface area contributed by atoms with Crippen molar-refractivity contribution in [2.45, 2.75) is 84.7 Å². The number of para-hydroxylation sites is 1. The summed E-state index contributed by atoms with van der Waals surface area (Å²) >= 11 is 0. The summed E-state index contributed by atoms with van der Waals surface area (Å²) in [6.07, 6.45) is 1.51. The zero-order valence-corrected chi connectivity index (χ0v) is 32.7. The van der Waals surface area contributed by atoms with Gasteiger partial charge in [0, 0.05) is 48.4 Å². The molecule has 2 aromatic rings. The first-order valence-electron chi connectivity index (χ1n) is 18.6. The molecule has 286 valence electrons. The normalized spacial score (nSPS) is 30.1. The van der Waals surface area contributed by atoms with Crippen molar-refractivity contribution in [3.05, 3.63) is 47.5 Å². The van der Waals surface area contributed by atoms with Gasteiger partial charge in [-0.05, 0) is 78.9 Å². The summed E-state index contributed by atoms with van der Waals surface area (Å²) in [4.78, 5) is 36.1. The molecule has 7 rings (SSSR count). The Labute approximate surface area is 310 Å². The number of amides is 2. The minimum atomic E-state index is -0.897. The molecule has 2 heterocycles. The van der Waals surface area contributed by atoms with Gasteiger partial charge in [-0.15, -0.1) is 10.5 Å². The van der Waals surface area contributed by atoms with Crippen LogP contribution >= 0.6 is 10.5 Å². The molecule has 1 saturated heterocycles. The summed E-state index contributed by atoms with van der Waals surface area (Å²) in [5.41, 5.74) is 10.3. The minimum absolute atomic E-state index is 0.0410. The van der Waals surface area contributed by atoms with Crippen LogP contribution in [0.4, 0.5) is 5.69 Å². The molecule has 13 heteroatoms. The summed E-state index contributed by atoms with van der Waals surface area (Å²) in [6, 6.07) is 10.8. The molecule has 4 fully saturated rings. The average molecular weight is 739 g/mol. The molecule has 3 aliphatic carbocycles. The lowest BCUT2D eigenvalue weighted by Crippen LogP contribution is -2.62. The fraction of sp³-hybridized carbons (Fsp3) is 0.615. The van der Waals surface area contributed by atoms with Crippen LogP contribution < -0.4 is 31.1 Å². The summed E-state index contributed by atoms with van der Waals surface area (Å²) in [7, 11) is 5.39. The van der Waals surface area contributed by atoms with Crippen molar-refractivity contribution in [1.82, 2.24) is 26.5 Å². The number of aliphatic hydroxyl groups is 2. The Morgan fingerprint density at radius 3 is 2.62 bits per heavy atom. The predicted molar refractivity (Wildman–Crippen MR) is 207 cm³/mol. The smallest absolute Gasteiger partial charge is 0.256 e. The second kappa shape index (κ2) is 15.7. The maximum atomic E-state index is 14.2. The molecule has 3 saturated carbocycles. The molecule has 9 atom stereocenters. The number of benzene rings is 2. The first-order chi connectivity index (χ1) is 24.8. The molecule has 1 unspecified atom stereocenters. The zero-order chi connectivity index (χ0) is 37.5. The number of ether oxygens (including phenoxy) is 1. The standard InChI is InChI=1S/C39H58N6O6S/c1-9-13-52-21-40-43-38(52)42-36(48)26-14-25(15-28(16-26)44(6)7)29-12-10-11-24(35(29)50-8)19-45-34(33(23(3)47)32(20-46)51-45)37(49)41-31-18-27-17-30(22(31)2)39(27,4)5/h10-12,14-16,22-23,27,30-34,40,43,46-47H,9,13,17-21H2,1-8H3,(H,41,49)(H,42,48)/t22-,23-,27+,30-,31-,32-,33+,34-,52?/m0/s1. The van der Waals surface area contributed by atoms with Crippen LogP contribution in [0.5, 0.6) is 5.75 Å². The zero-order valence-electron chi connectivity index (χ0n) is 31.9. The fourth-order valence-electron chi connectivity index (χ4n) is 9.03. The van der Waals surface area contributed by atoms with Gasteiger partial charge in [0.25, 0.3) is 5.91 Å². The number of hydrogen-bond donors (Lipinski definition) is 6. The van der Waals surface area contributed by atoms with Crippen LogP contribution in [-0.4, -0.2) is 95.9 Å². The summed E-state index contributed by atoms with van der Waals surface area (Å²) < 4.78 is 6.07. The molecule has 2 aromatic carbocycles. The summed E-state index contributed by atoms with van der Waals surface area (Å²) in [5.74, 6) is 2.79. The Balaban J connectivity index is 1.29. The number of rotatable bonds is 12. The van der Waals surface area contributed by atoms with Crippen molar-refractivity contribution in [3.8, 4) is 16.9 Å². The van der Waals surface area contributed by atoms with E-state index in [9.17, 15) is 19.8 Å². The largest absolute Gasteiger partial charge is 0.496 e. The highest BCUT2D eigenvalue weighted by molar-refractivity contribution is 8.16. The number of methoxy groups -OCH3 is 1. The lowest BCUT2D eigenvalue weighted by molar-refractivity contribution is -0.183. The molecular formula is C39H58N6O6S.